The van der Waals surface area contributed by atoms with E-state index in [1.165, 1.54) is 0 Å². The molecule has 0 saturated carbocycles. The van der Waals surface area contributed by atoms with Gasteiger partial charge in [0.05, 0.1) is 12.2 Å². The third kappa shape index (κ3) is 2.15. The van der Waals surface area contributed by atoms with E-state index in [2.05, 4.69) is 0 Å². The lowest BCUT2D eigenvalue weighted by molar-refractivity contribution is -0.136. The lowest BCUT2D eigenvalue weighted by atomic mass is 9.99. The number of ether oxygens (including phenoxy) is 1. The number of hydrogen-bond donors (Lipinski definition) is 2. The zero-order valence-corrected chi connectivity index (χ0v) is 6.86. The second-order valence-corrected chi connectivity index (χ2v) is 3.04. The third-order valence-electron chi connectivity index (χ3n) is 2.09. The second-order valence-electron chi connectivity index (χ2n) is 3.04. The van der Waals surface area contributed by atoms with Crippen molar-refractivity contribution in [3.8, 4) is 0 Å². The Hall–Kier alpha value is -0.120. The van der Waals surface area contributed by atoms with Crippen molar-refractivity contribution in [2.24, 2.45) is 0 Å². The molecule has 0 aliphatic carbocycles. The van der Waals surface area contributed by atoms with Crippen LogP contribution in [0.2, 0.25) is 0 Å². The maximum atomic E-state index is 9.39. The lowest BCUT2D eigenvalue weighted by Crippen LogP contribution is -2.44. The predicted molar refractivity (Wildman–Crippen MR) is 41.3 cm³/mol. The van der Waals surface area contributed by atoms with Crippen LogP contribution in [-0.4, -0.2) is 35.1 Å². The van der Waals surface area contributed by atoms with E-state index >= 15 is 0 Å². The summed E-state index contributed by atoms with van der Waals surface area (Å²) >= 11 is 0. The van der Waals surface area contributed by atoms with Crippen LogP contribution in [0.4, 0.5) is 0 Å². The second kappa shape index (κ2) is 4.04. The minimum absolute atomic E-state index is 0.149. The number of rotatable bonds is 2. The molecule has 1 heterocycles. The fraction of sp³-hybridized carbons (Fsp3) is 1.00. The van der Waals surface area contributed by atoms with Crippen LogP contribution < -0.4 is 0 Å². The quantitative estimate of drug-likeness (QED) is 0.610. The molecule has 0 aromatic heterocycles. The lowest BCUT2D eigenvalue weighted by Gasteiger charge is -2.31. The molecule has 0 spiro atoms. The van der Waals surface area contributed by atoms with E-state index in [1.807, 2.05) is 6.92 Å². The van der Waals surface area contributed by atoms with Crippen molar-refractivity contribution in [1.29, 1.82) is 0 Å². The van der Waals surface area contributed by atoms with Crippen molar-refractivity contribution in [1.82, 2.24) is 0 Å². The molecule has 1 aliphatic heterocycles. The Kier molecular flexibility index (Phi) is 3.30. The van der Waals surface area contributed by atoms with Gasteiger partial charge in [-0.3, -0.25) is 0 Å². The van der Waals surface area contributed by atoms with Crippen molar-refractivity contribution >= 4 is 0 Å². The van der Waals surface area contributed by atoms with Crippen molar-refractivity contribution in [3.63, 3.8) is 0 Å². The molecule has 1 rings (SSSR count). The van der Waals surface area contributed by atoms with Gasteiger partial charge in [0.15, 0.2) is 0 Å². The molecule has 66 valence electrons. The summed E-state index contributed by atoms with van der Waals surface area (Å²) in [6.45, 7) is 2.61. The maximum Gasteiger partial charge on any atom is 0.106 e. The standard InChI is InChI=1S/C8H16O3/c1-2-3-7-8(10)6(9)4-5-11-7/h6-10H,2-5H2,1H3. The van der Waals surface area contributed by atoms with E-state index in [1.54, 1.807) is 0 Å². The van der Waals surface area contributed by atoms with Gasteiger partial charge in [-0.2, -0.15) is 0 Å². The minimum atomic E-state index is -0.677. The Labute approximate surface area is 67.0 Å². The van der Waals surface area contributed by atoms with Crippen LogP contribution in [0, 0.1) is 0 Å². The van der Waals surface area contributed by atoms with Gasteiger partial charge in [-0.05, 0) is 12.8 Å². The monoisotopic (exact) mass is 160 g/mol. The Morgan fingerprint density at radius 2 is 2.18 bits per heavy atom. The highest BCUT2D eigenvalue weighted by Crippen LogP contribution is 2.18. The Morgan fingerprint density at radius 3 is 2.82 bits per heavy atom. The molecule has 1 fully saturated rings. The molecule has 0 amide bonds. The zero-order chi connectivity index (χ0) is 8.27. The molecule has 3 nitrogen and oxygen atoms in total. The fourth-order valence-electron chi connectivity index (χ4n) is 1.40. The first-order valence-electron chi connectivity index (χ1n) is 4.23. The fourth-order valence-corrected chi connectivity index (χ4v) is 1.40. The average molecular weight is 160 g/mol. The molecule has 3 unspecified atom stereocenters. The van der Waals surface area contributed by atoms with Gasteiger partial charge in [0, 0.05) is 6.61 Å². The van der Waals surface area contributed by atoms with Gasteiger partial charge in [0.1, 0.15) is 6.10 Å². The van der Waals surface area contributed by atoms with Crippen molar-refractivity contribution in [2.75, 3.05) is 6.61 Å². The molecule has 1 saturated heterocycles. The number of hydrogen-bond acceptors (Lipinski definition) is 3. The van der Waals surface area contributed by atoms with E-state index < -0.39 is 12.2 Å². The van der Waals surface area contributed by atoms with Gasteiger partial charge in [-0.1, -0.05) is 13.3 Å². The van der Waals surface area contributed by atoms with Crippen LogP contribution in [0.15, 0.2) is 0 Å². The summed E-state index contributed by atoms with van der Waals surface area (Å²) in [4.78, 5) is 0. The normalized spacial score (nSPS) is 39.0. The maximum absolute atomic E-state index is 9.39. The zero-order valence-electron chi connectivity index (χ0n) is 6.86. The molecule has 0 bridgehead atoms. The first-order chi connectivity index (χ1) is 5.25. The molecule has 0 aromatic carbocycles. The molecular weight excluding hydrogens is 144 g/mol. The molecule has 1 aliphatic rings. The molecule has 3 heteroatoms. The minimum Gasteiger partial charge on any atom is -0.390 e. The van der Waals surface area contributed by atoms with Gasteiger partial charge < -0.3 is 14.9 Å². The van der Waals surface area contributed by atoms with E-state index in [0.29, 0.717) is 13.0 Å². The van der Waals surface area contributed by atoms with Crippen molar-refractivity contribution in [3.05, 3.63) is 0 Å². The third-order valence-corrected chi connectivity index (χ3v) is 2.09. The first kappa shape index (κ1) is 8.97. The Morgan fingerprint density at radius 1 is 1.45 bits per heavy atom. The van der Waals surface area contributed by atoms with Gasteiger partial charge in [0.25, 0.3) is 0 Å². The van der Waals surface area contributed by atoms with Gasteiger partial charge in [0.2, 0.25) is 0 Å². The highest BCUT2D eigenvalue weighted by molar-refractivity contribution is 4.80. The van der Waals surface area contributed by atoms with E-state index in [4.69, 9.17) is 4.74 Å². The smallest absolute Gasteiger partial charge is 0.106 e. The summed E-state index contributed by atoms with van der Waals surface area (Å²) in [7, 11) is 0. The molecule has 0 aromatic rings. The van der Waals surface area contributed by atoms with E-state index in [-0.39, 0.29) is 6.10 Å². The number of aliphatic hydroxyl groups excluding tert-OH is 2. The summed E-state index contributed by atoms with van der Waals surface area (Å²) in [5.74, 6) is 0. The van der Waals surface area contributed by atoms with Crippen LogP contribution in [-0.2, 0) is 4.74 Å². The van der Waals surface area contributed by atoms with Crippen LogP contribution in [0.25, 0.3) is 0 Å². The predicted octanol–water partition coefficient (Wildman–Crippen LogP) is 0.297. The van der Waals surface area contributed by atoms with Crippen molar-refractivity contribution in [2.45, 2.75) is 44.5 Å². The summed E-state index contributed by atoms with van der Waals surface area (Å²) in [5, 5.41) is 18.6. The highest BCUT2D eigenvalue weighted by Gasteiger charge is 2.30. The summed E-state index contributed by atoms with van der Waals surface area (Å²) in [5.41, 5.74) is 0. The van der Waals surface area contributed by atoms with Crippen molar-refractivity contribution < 1.29 is 14.9 Å². The molecule has 2 N–H and O–H groups in total. The van der Waals surface area contributed by atoms with Crippen LogP contribution in [0.5, 0.6) is 0 Å². The highest BCUT2D eigenvalue weighted by atomic mass is 16.5. The Bertz CT molecular complexity index is 114. The average Bonchev–Trinajstić information content (AvgIpc) is 1.99. The molecular formula is C8H16O3. The SMILES string of the molecule is CCCC1OCCC(O)C1O. The van der Waals surface area contributed by atoms with E-state index in [0.717, 1.165) is 12.8 Å². The summed E-state index contributed by atoms with van der Waals surface area (Å²) < 4.78 is 5.29. The largest absolute Gasteiger partial charge is 0.390 e. The van der Waals surface area contributed by atoms with Gasteiger partial charge in [-0.25, -0.2) is 0 Å². The first-order valence-corrected chi connectivity index (χ1v) is 4.23. The molecule has 3 atom stereocenters. The summed E-state index contributed by atoms with van der Waals surface area (Å²) in [6.07, 6.45) is 0.960. The van der Waals surface area contributed by atoms with Crippen LogP contribution in [0.1, 0.15) is 26.2 Å². The summed E-state index contributed by atoms with van der Waals surface area (Å²) in [6, 6.07) is 0. The number of aliphatic hydroxyl groups is 2. The van der Waals surface area contributed by atoms with Crippen LogP contribution >= 0.6 is 0 Å². The molecule has 0 radical (unpaired) electrons. The van der Waals surface area contributed by atoms with Gasteiger partial charge in [-0.15, -0.1) is 0 Å². The topological polar surface area (TPSA) is 49.7 Å². The van der Waals surface area contributed by atoms with Crippen LogP contribution in [0.3, 0.4) is 0 Å². The van der Waals surface area contributed by atoms with Gasteiger partial charge >= 0.3 is 0 Å². The Balaban J connectivity index is 2.38. The van der Waals surface area contributed by atoms with E-state index in [9.17, 15) is 10.2 Å². The molecule has 11 heavy (non-hydrogen) atoms.